The van der Waals surface area contributed by atoms with Gasteiger partial charge in [-0.25, -0.2) is 0 Å². The van der Waals surface area contributed by atoms with Gasteiger partial charge in [-0.1, -0.05) is 19.3 Å². The zero-order valence-electron chi connectivity index (χ0n) is 11.5. The molecule has 1 saturated carbocycles. The van der Waals surface area contributed by atoms with Gasteiger partial charge in [0.05, 0.1) is 5.60 Å². The van der Waals surface area contributed by atoms with Crippen molar-refractivity contribution in [2.24, 2.45) is 0 Å². The molecule has 0 spiro atoms. The van der Waals surface area contributed by atoms with Crippen molar-refractivity contribution in [3.8, 4) is 0 Å². The van der Waals surface area contributed by atoms with Crippen molar-refractivity contribution < 1.29 is 5.11 Å². The maximum atomic E-state index is 10.7. The average Bonchev–Trinajstić information content (AvgIpc) is 2.29. The summed E-state index contributed by atoms with van der Waals surface area (Å²) in [6, 6.07) is 0.708. The molecule has 1 heterocycles. The Bertz CT molecular complexity index is 240. The van der Waals surface area contributed by atoms with Crippen LogP contribution in [0.25, 0.3) is 0 Å². The molecule has 0 unspecified atom stereocenters. The van der Waals surface area contributed by atoms with Crippen LogP contribution in [-0.2, 0) is 0 Å². The monoisotopic (exact) mass is 240 g/mol. The molecule has 2 aliphatic rings. The van der Waals surface area contributed by atoms with Crippen LogP contribution in [0.4, 0.5) is 0 Å². The first-order valence-electron chi connectivity index (χ1n) is 7.20. The van der Waals surface area contributed by atoms with Crippen LogP contribution < -0.4 is 0 Å². The van der Waals surface area contributed by atoms with Crippen LogP contribution in [0.2, 0.25) is 0 Å². The molecule has 3 heteroatoms. The van der Waals surface area contributed by atoms with E-state index in [1.54, 1.807) is 0 Å². The first kappa shape index (κ1) is 13.3. The quantitative estimate of drug-likeness (QED) is 0.813. The highest BCUT2D eigenvalue weighted by atomic mass is 16.3. The molecule has 100 valence electrons. The van der Waals surface area contributed by atoms with E-state index in [4.69, 9.17) is 0 Å². The van der Waals surface area contributed by atoms with Crippen molar-refractivity contribution in [3.05, 3.63) is 0 Å². The van der Waals surface area contributed by atoms with E-state index in [1.165, 1.54) is 32.1 Å². The van der Waals surface area contributed by atoms with Gasteiger partial charge in [0.25, 0.3) is 0 Å². The zero-order chi connectivity index (χ0) is 12.3. The molecular weight excluding hydrogens is 212 g/mol. The Morgan fingerprint density at radius 3 is 2.59 bits per heavy atom. The highest BCUT2D eigenvalue weighted by Crippen LogP contribution is 2.26. The molecule has 1 atom stereocenters. The summed E-state index contributed by atoms with van der Waals surface area (Å²) in [4.78, 5) is 4.68. The lowest BCUT2D eigenvalue weighted by molar-refractivity contribution is -0.0518. The van der Waals surface area contributed by atoms with Crippen molar-refractivity contribution in [2.75, 3.05) is 33.7 Å². The molecule has 0 amide bonds. The molecule has 1 aliphatic heterocycles. The number of rotatable bonds is 3. The normalized spacial score (nSPS) is 33.2. The molecule has 17 heavy (non-hydrogen) atoms. The van der Waals surface area contributed by atoms with Crippen LogP contribution in [-0.4, -0.2) is 60.3 Å². The summed E-state index contributed by atoms with van der Waals surface area (Å²) in [5.41, 5.74) is -0.473. The third-order valence-electron chi connectivity index (χ3n) is 4.49. The summed E-state index contributed by atoms with van der Waals surface area (Å²) in [5, 5.41) is 10.7. The molecular formula is C14H28N2O. The molecule has 1 saturated heterocycles. The van der Waals surface area contributed by atoms with Gasteiger partial charge in [-0.15, -0.1) is 0 Å². The third-order valence-corrected chi connectivity index (χ3v) is 4.49. The molecule has 1 aliphatic carbocycles. The van der Waals surface area contributed by atoms with Gasteiger partial charge in [-0.3, -0.25) is 0 Å². The Morgan fingerprint density at radius 1 is 1.24 bits per heavy atom. The van der Waals surface area contributed by atoms with Gasteiger partial charge in [-0.2, -0.15) is 0 Å². The van der Waals surface area contributed by atoms with E-state index < -0.39 is 5.60 Å². The van der Waals surface area contributed by atoms with E-state index in [-0.39, 0.29) is 0 Å². The number of hydrogen-bond donors (Lipinski definition) is 1. The minimum atomic E-state index is -0.473. The Kier molecular flexibility index (Phi) is 4.45. The fourth-order valence-corrected chi connectivity index (χ4v) is 3.58. The smallest absolute Gasteiger partial charge is 0.0900 e. The Balaban J connectivity index is 1.85. The predicted octanol–water partition coefficient (Wildman–Crippen LogP) is 1.71. The van der Waals surface area contributed by atoms with Crippen LogP contribution in [0.1, 0.15) is 44.9 Å². The standard InChI is InChI=1S/C14H28N2O/c1-15-10-6-9-14(17,11-15)12-16(2)13-7-4-3-5-8-13/h13,17H,3-12H2,1-2H3/t14-/m1/s1. The molecule has 0 radical (unpaired) electrons. The molecule has 2 fully saturated rings. The lowest BCUT2D eigenvalue weighted by Crippen LogP contribution is -2.54. The lowest BCUT2D eigenvalue weighted by Gasteiger charge is -2.42. The van der Waals surface area contributed by atoms with E-state index in [2.05, 4.69) is 23.9 Å². The lowest BCUT2D eigenvalue weighted by atomic mass is 9.90. The second-order valence-corrected chi connectivity index (χ2v) is 6.27. The van der Waals surface area contributed by atoms with Gasteiger partial charge >= 0.3 is 0 Å². The molecule has 0 aromatic heterocycles. The minimum absolute atomic E-state index is 0.473. The topological polar surface area (TPSA) is 26.7 Å². The van der Waals surface area contributed by atoms with E-state index in [0.29, 0.717) is 6.04 Å². The average molecular weight is 240 g/mol. The fourth-order valence-electron chi connectivity index (χ4n) is 3.58. The van der Waals surface area contributed by atoms with E-state index >= 15 is 0 Å². The summed E-state index contributed by atoms with van der Waals surface area (Å²) in [7, 11) is 4.31. The minimum Gasteiger partial charge on any atom is -0.387 e. The van der Waals surface area contributed by atoms with Gasteiger partial charge in [0.1, 0.15) is 0 Å². The molecule has 3 nitrogen and oxygen atoms in total. The second kappa shape index (κ2) is 5.68. The van der Waals surface area contributed by atoms with Gasteiger partial charge in [-0.05, 0) is 46.3 Å². The van der Waals surface area contributed by atoms with Gasteiger partial charge < -0.3 is 14.9 Å². The SMILES string of the molecule is CN1CCC[C@](O)(CN(C)C2CCCCC2)C1. The van der Waals surface area contributed by atoms with Gasteiger partial charge in [0, 0.05) is 19.1 Å². The number of piperidine rings is 1. The Hall–Kier alpha value is -0.120. The summed E-state index contributed by atoms with van der Waals surface area (Å²) >= 11 is 0. The van der Waals surface area contributed by atoms with Crippen molar-refractivity contribution in [1.82, 2.24) is 9.80 Å². The predicted molar refractivity (Wildman–Crippen MR) is 71.2 cm³/mol. The van der Waals surface area contributed by atoms with Crippen LogP contribution in [0.3, 0.4) is 0 Å². The number of aliphatic hydroxyl groups is 1. The number of likely N-dealkylation sites (N-methyl/N-ethyl adjacent to an activating group) is 2. The molecule has 0 aromatic rings. The molecule has 0 bridgehead atoms. The van der Waals surface area contributed by atoms with Gasteiger partial charge in [0.15, 0.2) is 0 Å². The maximum absolute atomic E-state index is 10.7. The maximum Gasteiger partial charge on any atom is 0.0900 e. The van der Waals surface area contributed by atoms with Crippen molar-refractivity contribution in [3.63, 3.8) is 0 Å². The van der Waals surface area contributed by atoms with Crippen molar-refractivity contribution in [1.29, 1.82) is 0 Å². The van der Waals surface area contributed by atoms with E-state index in [0.717, 1.165) is 32.5 Å². The highest BCUT2D eigenvalue weighted by Gasteiger charge is 2.34. The van der Waals surface area contributed by atoms with Crippen molar-refractivity contribution in [2.45, 2.75) is 56.6 Å². The fraction of sp³-hybridized carbons (Fsp3) is 1.00. The van der Waals surface area contributed by atoms with Crippen LogP contribution in [0, 0.1) is 0 Å². The third kappa shape index (κ3) is 3.67. The highest BCUT2D eigenvalue weighted by molar-refractivity contribution is 4.90. The zero-order valence-corrected chi connectivity index (χ0v) is 11.5. The summed E-state index contributed by atoms with van der Waals surface area (Å²) < 4.78 is 0. The largest absolute Gasteiger partial charge is 0.387 e. The summed E-state index contributed by atoms with van der Waals surface area (Å²) in [6.07, 6.45) is 8.88. The van der Waals surface area contributed by atoms with Crippen LogP contribution in [0.15, 0.2) is 0 Å². The Morgan fingerprint density at radius 2 is 1.94 bits per heavy atom. The summed E-state index contributed by atoms with van der Waals surface area (Å²) in [6.45, 7) is 2.82. The number of likely N-dealkylation sites (tertiary alicyclic amines) is 1. The van der Waals surface area contributed by atoms with Crippen LogP contribution in [0.5, 0.6) is 0 Å². The first-order chi connectivity index (χ1) is 8.09. The van der Waals surface area contributed by atoms with Crippen LogP contribution >= 0.6 is 0 Å². The first-order valence-corrected chi connectivity index (χ1v) is 7.20. The number of hydrogen-bond acceptors (Lipinski definition) is 3. The van der Waals surface area contributed by atoms with E-state index in [9.17, 15) is 5.11 Å². The molecule has 2 rings (SSSR count). The number of nitrogens with zero attached hydrogens (tertiary/aromatic N) is 2. The Labute approximate surface area is 106 Å². The number of β-amino-alcohol motifs (C(OH)–C–C–N with tert-alkyl or cyclic N) is 1. The van der Waals surface area contributed by atoms with Crippen molar-refractivity contribution >= 4 is 0 Å². The molecule has 1 N–H and O–H groups in total. The van der Waals surface area contributed by atoms with E-state index in [1.807, 2.05) is 0 Å². The molecule has 0 aromatic carbocycles. The second-order valence-electron chi connectivity index (χ2n) is 6.27. The van der Waals surface area contributed by atoms with Gasteiger partial charge in [0.2, 0.25) is 0 Å². The summed E-state index contributed by atoms with van der Waals surface area (Å²) in [5.74, 6) is 0.